The summed E-state index contributed by atoms with van der Waals surface area (Å²) in [5.41, 5.74) is 2.94. The molecule has 0 amide bonds. The van der Waals surface area contributed by atoms with Crippen LogP contribution < -0.4 is 5.73 Å². The Balaban J connectivity index is 2.35. The van der Waals surface area contributed by atoms with Gasteiger partial charge in [-0.25, -0.2) is 0 Å². The zero-order valence-corrected chi connectivity index (χ0v) is 12.2. The van der Waals surface area contributed by atoms with Gasteiger partial charge in [0.15, 0.2) is 0 Å². The van der Waals surface area contributed by atoms with E-state index in [9.17, 15) is 23.3 Å². The summed E-state index contributed by atoms with van der Waals surface area (Å²) >= 11 is 0. The van der Waals surface area contributed by atoms with E-state index in [1.54, 1.807) is 0 Å². The van der Waals surface area contributed by atoms with Crippen LogP contribution in [0, 0.1) is 16.0 Å². The average Bonchev–Trinajstić information content (AvgIpc) is 2.39. The average molecular weight is 317 g/mol. The van der Waals surface area contributed by atoms with Gasteiger partial charge in [-0.2, -0.15) is 13.2 Å². The SMILES string of the molecule is CC1CCCN(Cc2cc([N+](=O)[O-])c(N)c(C(F)(F)F)c2)C1. The van der Waals surface area contributed by atoms with Crippen molar-refractivity contribution in [2.75, 3.05) is 18.8 Å². The largest absolute Gasteiger partial charge is 0.418 e. The van der Waals surface area contributed by atoms with Crippen LogP contribution in [0.4, 0.5) is 24.5 Å². The smallest absolute Gasteiger partial charge is 0.393 e. The lowest BCUT2D eigenvalue weighted by Gasteiger charge is -2.31. The standard InChI is InChI=1S/C14H18F3N3O2/c1-9-3-2-4-19(7-9)8-10-5-11(14(15,16)17)13(18)12(6-10)20(21)22/h5-6,9H,2-4,7-8,18H2,1H3. The van der Waals surface area contributed by atoms with E-state index in [2.05, 4.69) is 6.92 Å². The molecular formula is C14H18F3N3O2. The summed E-state index contributed by atoms with van der Waals surface area (Å²) in [6.07, 6.45) is -2.64. The molecule has 1 aromatic rings. The number of nitro groups is 1. The molecule has 1 aliphatic rings. The van der Waals surface area contributed by atoms with Crippen LogP contribution in [0.15, 0.2) is 12.1 Å². The summed E-state index contributed by atoms with van der Waals surface area (Å²) in [5, 5.41) is 10.9. The third kappa shape index (κ3) is 3.68. The molecule has 2 rings (SSSR count). The van der Waals surface area contributed by atoms with Crippen LogP contribution in [0.1, 0.15) is 30.9 Å². The molecule has 1 atom stereocenters. The van der Waals surface area contributed by atoms with Gasteiger partial charge in [-0.3, -0.25) is 15.0 Å². The van der Waals surface area contributed by atoms with Crippen molar-refractivity contribution >= 4 is 11.4 Å². The molecule has 1 unspecified atom stereocenters. The summed E-state index contributed by atoms with van der Waals surface area (Å²) in [4.78, 5) is 12.1. The van der Waals surface area contributed by atoms with Gasteiger partial charge in [-0.15, -0.1) is 0 Å². The quantitative estimate of drug-likeness (QED) is 0.526. The Morgan fingerprint density at radius 3 is 2.68 bits per heavy atom. The Hall–Kier alpha value is -1.83. The number of anilines is 1. The van der Waals surface area contributed by atoms with Gasteiger partial charge < -0.3 is 5.73 Å². The lowest BCUT2D eigenvalue weighted by molar-refractivity contribution is -0.384. The van der Waals surface area contributed by atoms with Gasteiger partial charge in [-0.1, -0.05) is 6.92 Å². The first-order chi connectivity index (χ1) is 10.2. The van der Waals surface area contributed by atoms with Crippen molar-refractivity contribution < 1.29 is 18.1 Å². The van der Waals surface area contributed by atoms with Crippen molar-refractivity contribution in [3.63, 3.8) is 0 Å². The first-order valence-electron chi connectivity index (χ1n) is 7.05. The minimum Gasteiger partial charge on any atom is -0.393 e. The molecule has 122 valence electrons. The van der Waals surface area contributed by atoms with Gasteiger partial charge in [0, 0.05) is 19.2 Å². The van der Waals surface area contributed by atoms with Crippen molar-refractivity contribution in [2.45, 2.75) is 32.5 Å². The molecular weight excluding hydrogens is 299 g/mol. The van der Waals surface area contributed by atoms with E-state index in [1.165, 1.54) is 0 Å². The maximum absolute atomic E-state index is 13.0. The third-order valence-corrected chi connectivity index (χ3v) is 3.87. The molecule has 0 bridgehead atoms. The fourth-order valence-electron chi connectivity index (χ4n) is 2.86. The predicted molar refractivity (Wildman–Crippen MR) is 76.2 cm³/mol. The van der Waals surface area contributed by atoms with Gasteiger partial charge in [-0.05, 0) is 36.9 Å². The number of piperidine rings is 1. The highest BCUT2D eigenvalue weighted by molar-refractivity contribution is 5.65. The summed E-state index contributed by atoms with van der Waals surface area (Å²) in [6.45, 7) is 3.90. The second-order valence-corrected chi connectivity index (χ2v) is 5.81. The monoisotopic (exact) mass is 317 g/mol. The Morgan fingerprint density at radius 1 is 1.45 bits per heavy atom. The van der Waals surface area contributed by atoms with Crippen LogP contribution in [0.5, 0.6) is 0 Å². The van der Waals surface area contributed by atoms with Crippen molar-refractivity contribution in [3.8, 4) is 0 Å². The van der Waals surface area contributed by atoms with Crippen LogP contribution >= 0.6 is 0 Å². The van der Waals surface area contributed by atoms with E-state index < -0.39 is 28.0 Å². The number of nitro benzene ring substituents is 1. The second-order valence-electron chi connectivity index (χ2n) is 5.81. The van der Waals surface area contributed by atoms with Crippen molar-refractivity contribution in [1.82, 2.24) is 4.90 Å². The van der Waals surface area contributed by atoms with E-state index in [-0.39, 0.29) is 12.1 Å². The Morgan fingerprint density at radius 2 is 2.14 bits per heavy atom. The molecule has 22 heavy (non-hydrogen) atoms. The van der Waals surface area contributed by atoms with Gasteiger partial charge in [0.05, 0.1) is 10.5 Å². The minimum atomic E-state index is -4.71. The first-order valence-corrected chi connectivity index (χ1v) is 7.05. The number of nitrogens with two attached hydrogens (primary N) is 1. The molecule has 1 aromatic carbocycles. The van der Waals surface area contributed by atoms with E-state index >= 15 is 0 Å². The summed E-state index contributed by atoms with van der Waals surface area (Å²) in [6, 6.07) is 2.06. The lowest BCUT2D eigenvalue weighted by Crippen LogP contribution is -2.33. The lowest BCUT2D eigenvalue weighted by atomic mass is 9.99. The number of nitrogen functional groups attached to an aromatic ring is 1. The molecule has 0 saturated carbocycles. The molecule has 5 nitrogen and oxygen atoms in total. The fourth-order valence-corrected chi connectivity index (χ4v) is 2.86. The highest BCUT2D eigenvalue weighted by atomic mass is 19.4. The van der Waals surface area contributed by atoms with Gasteiger partial charge in [0.25, 0.3) is 5.69 Å². The number of halogens is 3. The maximum Gasteiger partial charge on any atom is 0.418 e. The van der Waals surface area contributed by atoms with Gasteiger partial charge in [0.2, 0.25) is 0 Å². The van der Waals surface area contributed by atoms with Crippen LogP contribution in [0.3, 0.4) is 0 Å². The van der Waals surface area contributed by atoms with Crippen LogP contribution in [0.2, 0.25) is 0 Å². The summed E-state index contributed by atoms with van der Waals surface area (Å²) < 4.78 is 39.0. The summed E-state index contributed by atoms with van der Waals surface area (Å²) in [7, 11) is 0. The highest BCUT2D eigenvalue weighted by Crippen LogP contribution is 2.39. The zero-order chi connectivity index (χ0) is 16.5. The van der Waals surface area contributed by atoms with Gasteiger partial charge in [0.1, 0.15) is 5.69 Å². The number of rotatable bonds is 3. The number of hydrogen-bond donors (Lipinski definition) is 1. The third-order valence-electron chi connectivity index (χ3n) is 3.87. The minimum absolute atomic E-state index is 0.258. The molecule has 2 N–H and O–H groups in total. The molecule has 0 radical (unpaired) electrons. The van der Waals surface area contributed by atoms with Crippen molar-refractivity contribution in [2.24, 2.45) is 5.92 Å². The van der Waals surface area contributed by atoms with Crippen molar-refractivity contribution in [1.29, 1.82) is 0 Å². The fraction of sp³-hybridized carbons (Fsp3) is 0.571. The maximum atomic E-state index is 13.0. The first kappa shape index (κ1) is 16.5. The number of alkyl halides is 3. The Labute approximate surface area is 126 Å². The molecule has 1 fully saturated rings. The summed E-state index contributed by atoms with van der Waals surface area (Å²) in [5.74, 6) is 0.472. The molecule has 0 spiro atoms. The number of nitrogens with zero attached hydrogens (tertiary/aromatic N) is 2. The van der Waals surface area contributed by atoms with Crippen LogP contribution in [-0.2, 0) is 12.7 Å². The number of hydrogen-bond acceptors (Lipinski definition) is 4. The molecule has 8 heteroatoms. The van der Waals surface area contributed by atoms with E-state index in [0.29, 0.717) is 5.92 Å². The van der Waals surface area contributed by atoms with E-state index in [0.717, 1.165) is 38.1 Å². The number of likely N-dealkylation sites (tertiary alicyclic amines) is 1. The Bertz CT molecular complexity index is 575. The zero-order valence-electron chi connectivity index (χ0n) is 12.2. The molecule has 1 heterocycles. The molecule has 0 aliphatic carbocycles. The van der Waals surface area contributed by atoms with Gasteiger partial charge >= 0.3 is 6.18 Å². The predicted octanol–water partition coefficient (Wildman–Crippen LogP) is 3.43. The van der Waals surface area contributed by atoms with Crippen molar-refractivity contribution in [3.05, 3.63) is 33.4 Å². The molecule has 0 aromatic heterocycles. The molecule has 1 aliphatic heterocycles. The topological polar surface area (TPSA) is 72.4 Å². The number of benzene rings is 1. The van der Waals surface area contributed by atoms with E-state index in [4.69, 9.17) is 5.73 Å². The highest BCUT2D eigenvalue weighted by Gasteiger charge is 2.36. The normalized spacial score (nSPS) is 20.1. The Kier molecular flexibility index (Phi) is 4.60. The molecule has 1 saturated heterocycles. The second kappa shape index (κ2) is 6.12. The van der Waals surface area contributed by atoms with Crippen LogP contribution in [-0.4, -0.2) is 22.9 Å². The van der Waals surface area contributed by atoms with E-state index in [1.807, 2.05) is 4.90 Å². The van der Waals surface area contributed by atoms with Crippen LogP contribution in [0.25, 0.3) is 0 Å².